The molecule has 0 aliphatic carbocycles. The van der Waals surface area contributed by atoms with E-state index in [2.05, 4.69) is 42.2 Å². The number of anilines is 1. The Labute approximate surface area is 215 Å². The lowest BCUT2D eigenvalue weighted by Gasteiger charge is -2.31. The minimum Gasteiger partial charge on any atom is -0.491 e. The van der Waals surface area contributed by atoms with E-state index in [1.54, 1.807) is 0 Å². The zero-order chi connectivity index (χ0) is 25.2. The fraction of sp³-hybridized carbons (Fsp3) is 0.500. The second-order valence-corrected chi connectivity index (χ2v) is 9.46. The molecule has 0 amide bonds. The molecule has 0 radical (unpaired) electrons. The zero-order valence-electron chi connectivity index (χ0n) is 21.7. The van der Waals surface area contributed by atoms with Crippen molar-refractivity contribution in [2.24, 2.45) is 0 Å². The van der Waals surface area contributed by atoms with Crippen LogP contribution < -0.4 is 9.64 Å². The van der Waals surface area contributed by atoms with Gasteiger partial charge in [-0.1, -0.05) is 31.5 Å². The van der Waals surface area contributed by atoms with Crippen LogP contribution in [0.5, 0.6) is 5.75 Å². The third-order valence-electron chi connectivity index (χ3n) is 6.79. The van der Waals surface area contributed by atoms with Crippen LogP contribution in [-0.4, -0.2) is 58.7 Å². The van der Waals surface area contributed by atoms with E-state index < -0.39 is 0 Å². The molecule has 2 heterocycles. The van der Waals surface area contributed by atoms with Crippen LogP contribution in [0.15, 0.2) is 48.0 Å². The minimum absolute atomic E-state index is 0.251. The lowest BCUT2D eigenvalue weighted by Crippen LogP contribution is -2.34. The van der Waals surface area contributed by atoms with E-state index in [0.717, 1.165) is 92.1 Å². The summed E-state index contributed by atoms with van der Waals surface area (Å²) in [5.41, 5.74) is 5.09. The van der Waals surface area contributed by atoms with Gasteiger partial charge in [0, 0.05) is 37.6 Å². The Kier molecular flexibility index (Phi) is 9.82. The molecule has 1 atom stereocenters. The number of carbonyl (C=O) groups excluding carboxylic acids is 1. The van der Waals surface area contributed by atoms with Gasteiger partial charge in [0.15, 0.2) is 0 Å². The number of fused-ring (bicyclic) bond motifs is 1. The Morgan fingerprint density at radius 1 is 1.06 bits per heavy atom. The Morgan fingerprint density at radius 2 is 1.89 bits per heavy atom. The first-order chi connectivity index (χ1) is 17.7. The SMILES string of the molecule is CCCCOCCOc1ccc(-c2ccc3c(c2)/C=C(/C(=O)OC)CCCN3CC2CCCO2)cc1. The fourth-order valence-corrected chi connectivity index (χ4v) is 4.80. The summed E-state index contributed by atoms with van der Waals surface area (Å²) in [5, 5.41) is 0. The number of benzene rings is 2. The highest BCUT2D eigenvalue weighted by atomic mass is 16.5. The van der Waals surface area contributed by atoms with Crippen molar-refractivity contribution in [2.45, 2.75) is 51.6 Å². The van der Waals surface area contributed by atoms with E-state index in [1.807, 2.05) is 18.2 Å². The van der Waals surface area contributed by atoms with Gasteiger partial charge in [0.1, 0.15) is 12.4 Å². The van der Waals surface area contributed by atoms with Crippen molar-refractivity contribution in [3.05, 3.63) is 53.6 Å². The molecule has 6 heteroatoms. The van der Waals surface area contributed by atoms with Gasteiger partial charge in [-0.2, -0.15) is 0 Å². The molecule has 1 fully saturated rings. The minimum atomic E-state index is -0.251. The van der Waals surface area contributed by atoms with E-state index in [1.165, 1.54) is 7.11 Å². The van der Waals surface area contributed by atoms with Gasteiger partial charge >= 0.3 is 5.97 Å². The van der Waals surface area contributed by atoms with Gasteiger partial charge in [-0.05, 0) is 79.1 Å². The van der Waals surface area contributed by atoms with Crippen LogP contribution >= 0.6 is 0 Å². The standard InChI is InChI=1S/C30H39NO5/c1-3-4-16-34-18-19-36-27-12-9-23(10-13-27)24-11-14-29-26(20-24)21-25(30(32)33-2)7-5-15-31(29)22-28-8-6-17-35-28/h9-14,20-21,28H,3-8,15-19,22H2,1-2H3/b25-21+. The summed E-state index contributed by atoms with van der Waals surface area (Å²) in [6.07, 6.45) is 8.32. The molecular weight excluding hydrogens is 454 g/mol. The molecule has 0 saturated carbocycles. The molecule has 0 bridgehead atoms. The summed E-state index contributed by atoms with van der Waals surface area (Å²) < 4.78 is 22.4. The molecule has 0 spiro atoms. The zero-order valence-corrected chi connectivity index (χ0v) is 21.7. The quantitative estimate of drug-likeness (QED) is 0.288. The first-order valence-corrected chi connectivity index (χ1v) is 13.3. The van der Waals surface area contributed by atoms with Crippen LogP contribution in [0.2, 0.25) is 0 Å². The highest BCUT2D eigenvalue weighted by Gasteiger charge is 2.23. The number of unbranched alkanes of at least 4 members (excludes halogenated alkanes) is 1. The largest absolute Gasteiger partial charge is 0.491 e. The van der Waals surface area contributed by atoms with Gasteiger partial charge in [0.2, 0.25) is 0 Å². The van der Waals surface area contributed by atoms with Crippen LogP contribution in [-0.2, 0) is 19.0 Å². The average Bonchev–Trinajstić information content (AvgIpc) is 3.41. The first-order valence-electron chi connectivity index (χ1n) is 13.3. The van der Waals surface area contributed by atoms with Gasteiger partial charge < -0.3 is 23.8 Å². The van der Waals surface area contributed by atoms with Gasteiger partial charge in [-0.25, -0.2) is 4.79 Å². The Hall–Kier alpha value is -2.83. The molecule has 1 unspecified atom stereocenters. The summed E-state index contributed by atoms with van der Waals surface area (Å²) in [4.78, 5) is 14.8. The van der Waals surface area contributed by atoms with Crippen molar-refractivity contribution < 1.29 is 23.7 Å². The average molecular weight is 494 g/mol. The first kappa shape index (κ1) is 26.2. The van der Waals surface area contributed by atoms with Crippen molar-refractivity contribution in [1.29, 1.82) is 0 Å². The lowest BCUT2D eigenvalue weighted by molar-refractivity contribution is -0.136. The summed E-state index contributed by atoms with van der Waals surface area (Å²) in [6, 6.07) is 14.7. The maximum atomic E-state index is 12.4. The lowest BCUT2D eigenvalue weighted by atomic mass is 9.96. The molecule has 1 saturated heterocycles. The number of hydrogen-bond acceptors (Lipinski definition) is 6. The predicted octanol–water partition coefficient (Wildman–Crippen LogP) is 5.88. The molecule has 2 aliphatic rings. The molecular formula is C30H39NO5. The van der Waals surface area contributed by atoms with Crippen LogP contribution in [0, 0.1) is 0 Å². The van der Waals surface area contributed by atoms with Gasteiger partial charge in [0.25, 0.3) is 0 Å². The molecule has 2 aromatic rings. The number of rotatable bonds is 11. The summed E-state index contributed by atoms with van der Waals surface area (Å²) in [7, 11) is 1.45. The Balaban J connectivity index is 1.52. The van der Waals surface area contributed by atoms with Gasteiger partial charge in [-0.3, -0.25) is 0 Å². The molecule has 6 nitrogen and oxygen atoms in total. The second kappa shape index (κ2) is 13.5. The third kappa shape index (κ3) is 7.11. The molecule has 0 N–H and O–H groups in total. The summed E-state index contributed by atoms with van der Waals surface area (Å²) in [5.74, 6) is 0.582. The van der Waals surface area contributed by atoms with Gasteiger partial charge in [-0.15, -0.1) is 0 Å². The molecule has 36 heavy (non-hydrogen) atoms. The predicted molar refractivity (Wildman–Crippen MR) is 144 cm³/mol. The molecule has 4 rings (SSSR count). The van der Waals surface area contributed by atoms with Crippen molar-refractivity contribution in [1.82, 2.24) is 0 Å². The van der Waals surface area contributed by atoms with E-state index >= 15 is 0 Å². The van der Waals surface area contributed by atoms with Crippen LogP contribution in [0.25, 0.3) is 17.2 Å². The smallest absolute Gasteiger partial charge is 0.333 e. The Bertz CT molecular complexity index is 1010. The number of esters is 1. The fourth-order valence-electron chi connectivity index (χ4n) is 4.80. The highest BCUT2D eigenvalue weighted by Crippen LogP contribution is 2.33. The van der Waals surface area contributed by atoms with E-state index in [0.29, 0.717) is 19.6 Å². The topological polar surface area (TPSA) is 57.2 Å². The number of methoxy groups -OCH3 is 1. The third-order valence-corrected chi connectivity index (χ3v) is 6.79. The molecule has 194 valence electrons. The van der Waals surface area contributed by atoms with E-state index in [9.17, 15) is 4.79 Å². The number of hydrogen-bond donors (Lipinski definition) is 0. The van der Waals surface area contributed by atoms with Crippen molar-refractivity contribution in [3.63, 3.8) is 0 Å². The van der Waals surface area contributed by atoms with Crippen molar-refractivity contribution >= 4 is 17.7 Å². The summed E-state index contributed by atoms with van der Waals surface area (Å²) >= 11 is 0. The monoisotopic (exact) mass is 493 g/mol. The van der Waals surface area contributed by atoms with Gasteiger partial charge in [0.05, 0.1) is 19.8 Å². The van der Waals surface area contributed by atoms with E-state index in [4.69, 9.17) is 18.9 Å². The highest BCUT2D eigenvalue weighted by molar-refractivity contribution is 5.95. The van der Waals surface area contributed by atoms with Crippen LogP contribution in [0.3, 0.4) is 0 Å². The maximum Gasteiger partial charge on any atom is 0.333 e. The normalized spacial score (nSPS) is 19.1. The summed E-state index contributed by atoms with van der Waals surface area (Å²) in [6.45, 7) is 6.70. The van der Waals surface area contributed by atoms with Crippen LogP contribution in [0.4, 0.5) is 5.69 Å². The molecule has 2 aromatic carbocycles. The van der Waals surface area contributed by atoms with E-state index in [-0.39, 0.29) is 12.1 Å². The molecule has 2 aliphatic heterocycles. The molecule has 0 aromatic heterocycles. The van der Waals surface area contributed by atoms with Crippen LogP contribution in [0.1, 0.15) is 51.0 Å². The van der Waals surface area contributed by atoms with Crippen molar-refractivity contribution in [3.8, 4) is 16.9 Å². The number of ether oxygens (including phenoxy) is 4. The Morgan fingerprint density at radius 3 is 2.64 bits per heavy atom. The van der Waals surface area contributed by atoms with Crippen molar-refractivity contribution in [2.75, 3.05) is 51.5 Å². The number of nitrogens with zero attached hydrogens (tertiary/aromatic N) is 1. The second-order valence-electron chi connectivity index (χ2n) is 9.46. The maximum absolute atomic E-state index is 12.4. The number of carbonyl (C=O) groups is 1.